The van der Waals surface area contributed by atoms with Gasteiger partial charge in [0.15, 0.2) is 0 Å². The number of rotatable bonds is 2. The van der Waals surface area contributed by atoms with Crippen LogP contribution in [0.25, 0.3) is 0 Å². The van der Waals surface area contributed by atoms with Crippen LogP contribution in [0.5, 0.6) is 0 Å². The molecule has 17 heavy (non-hydrogen) atoms. The smallest absolute Gasteiger partial charge is 0.404 e. The molecule has 0 saturated heterocycles. The van der Waals surface area contributed by atoms with Gasteiger partial charge in [0.1, 0.15) is 0 Å². The highest BCUT2D eigenvalue weighted by molar-refractivity contribution is 5.64. The van der Waals surface area contributed by atoms with E-state index in [9.17, 15) is 4.79 Å². The lowest BCUT2D eigenvalue weighted by atomic mass is 9.74. The Hall–Kier alpha value is -0.730. The zero-order valence-electron chi connectivity index (χ0n) is 11.4. The average Bonchev–Trinajstić information content (AvgIpc) is 3.02. The average molecular weight is 241 g/mol. The van der Waals surface area contributed by atoms with Crippen molar-refractivity contribution in [1.82, 2.24) is 5.32 Å². The summed E-state index contributed by atoms with van der Waals surface area (Å²) in [6.45, 7) is 6.56. The Morgan fingerprint density at radius 3 is 2.24 bits per heavy atom. The molecule has 0 aromatic carbocycles. The quantitative estimate of drug-likeness (QED) is 0.770. The largest absolute Gasteiger partial charge is 0.465 e. The third kappa shape index (κ3) is 5.94. The van der Waals surface area contributed by atoms with E-state index in [0.717, 1.165) is 12.8 Å². The third-order valence-corrected chi connectivity index (χ3v) is 3.68. The molecular formula is C14H27NO2. The first kappa shape index (κ1) is 14.3. The molecule has 2 aliphatic rings. The molecule has 0 bridgehead atoms. The standard InChI is InChI=1S/C11H21NO2.C3H6/c1-7(2)9-5-4-8(3)6-10(9)12-11(13)14;1-2-3-1/h7-10,12H,4-6H2,1-3H3,(H,13,14);1-3H2/t8-,9-,10+;/m1./s1. The minimum Gasteiger partial charge on any atom is -0.465 e. The lowest BCUT2D eigenvalue weighted by molar-refractivity contribution is 0.147. The highest BCUT2D eigenvalue weighted by Gasteiger charge is 2.31. The molecule has 3 atom stereocenters. The van der Waals surface area contributed by atoms with Gasteiger partial charge in [-0.25, -0.2) is 4.79 Å². The molecule has 0 aliphatic heterocycles. The molecule has 0 unspecified atom stereocenters. The van der Waals surface area contributed by atoms with Gasteiger partial charge in [-0.05, 0) is 30.6 Å². The van der Waals surface area contributed by atoms with Crippen molar-refractivity contribution in [2.24, 2.45) is 17.8 Å². The van der Waals surface area contributed by atoms with Gasteiger partial charge in [0.05, 0.1) is 0 Å². The van der Waals surface area contributed by atoms with Gasteiger partial charge in [0.25, 0.3) is 0 Å². The Kier molecular flexibility index (Phi) is 5.79. The Morgan fingerprint density at radius 1 is 1.24 bits per heavy atom. The number of carbonyl (C=O) groups is 1. The summed E-state index contributed by atoms with van der Waals surface area (Å²) in [5.41, 5.74) is 0. The number of carboxylic acid groups (broad SMARTS) is 1. The first-order valence-corrected chi connectivity index (χ1v) is 7.00. The lowest BCUT2D eigenvalue weighted by Crippen LogP contribution is -2.45. The van der Waals surface area contributed by atoms with Gasteiger partial charge in [-0.1, -0.05) is 46.5 Å². The predicted octanol–water partition coefficient (Wildman–Crippen LogP) is 3.89. The number of hydrogen-bond acceptors (Lipinski definition) is 1. The first-order chi connectivity index (χ1) is 8.00. The van der Waals surface area contributed by atoms with E-state index < -0.39 is 6.09 Å². The number of amides is 1. The molecule has 0 radical (unpaired) electrons. The monoisotopic (exact) mass is 241 g/mol. The van der Waals surface area contributed by atoms with Gasteiger partial charge < -0.3 is 10.4 Å². The molecule has 1 amide bonds. The van der Waals surface area contributed by atoms with Gasteiger partial charge in [-0.2, -0.15) is 0 Å². The Labute approximate surface area is 105 Å². The Bertz CT molecular complexity index is 236. The van der Waals surface area contributed by atoms with Crippen LogP contribution in [-0.4, -0.2) is 17.2 Å². The first-order valence-electron chi connectivity index (χ1n) is 7.00. The van der Waals surface area contributed by atoms with Crippen LogP contribution >= 0.6 is 0 Å². The molecule has 2 rings (SSSR count). The van der Waals surface area contributed by atoms with Crippen LogP contribution in [0, 0.1) is 17.8 Å². The van der Waals surface area contributed by atoms with Crippen molar-refractivity contribution >= 4 is 6.09 Å². The minimum absolute atomic E-state index is 0.163. The number of hydrogen-bond donors (Lipinski definition) is 2. The van der Waals surface area contributed by atoms with Crippen molar-refractivity contribution in [2.75, 3.05) is 0 Å². The molecule has 100 valence electrons. The summed E-state index contributed by atoms with van der Waals surface area (Å²) < 4.78 is 0. The minimum atomic E-state index is -0.880. The van der Waals surface area contributed by atoms with Gasteiger partial charge >= 0.3 is 6.09 Å². The fraction of sp³-hybridized carbons (Fsp3) is 0.929. The van der Waals surface area contributed by atoms with E-state index in [0.29, 0.717) is 17.8 Å². The van der Waals surface area contributed by atoms with E-state index in [-0.39, 0.29) is 6.04 Å². The van der Waals surface area contributed by atoms with E-state index in [1.807, 2.05) is 0 Å². The van der Waals surface area contributed by atoms with Crippen molar-refractivity contribution in [3.63, 3.8) is 0 Å². The maximum atomic E-state index is 10.6. The third-order valence-electron chi connectivity index (χ3n) is 3.68. The second kappa shape index (κ2) is 6.87. The molecular weight excluding hydrogens is 214 g/mol. The van der Waals surface area contributed by atoms with Crippen LogP contribution in [-0.2, 0) is 0 Å². The molecule has 2 N–H and O–H groups in total. The second-order valence-electron chi connectivity index (χ2n) is 5.94. The van der Waals surface area contributed by atoms with Crippen molar-refractivity contribution in [1.29, 1.82) is 0 Å². The highest BCUT2D eigenvalue weighted by Crippen LogP contribution is 2.33. The lowest BCUT2D eigenvalue weighted by Gasteiger charge is -2.37. The maximum absolute atomic E-state index is 10.6. The van der Waals surface area contributed by atoms with Gasteiger partial charge in [0.2, 0.25) is 0 Å². The van der Waals surface area contributed by atoms with E-state index in [4.69, 9.17) is 5.11 Å². The van der Waals surface area contributed by atoms with E-state index in [1.165, 1.54) is 25.7 Å². The van der Waals surface area contributed by atoms with Crippen LogP contribution in [0.1, 0.15) is 59.3 Å². The van der Waals surface area contributed by atoms with Crippen LogP contribution in [0.4, 0.5) is 4.79 Å². The number of nitrogens with one attached hydrogen (secondary N) is 1. The van der Waals surface area contributed by atoms with Gasteiger partial charge in [0, 0.05) is 6.04 Å². The summed E-state index contributed by atoms with van der Waals surface area (Å²) in [6.07, 6.45) is 7.01. The molecule has 2 saturated carbocycles. The Morgan fingerprint density at radius 2 is 1.82 bits per heavy atom. The molecule has 0 spiro atoms. The molecule has 2 fully saturated rings. The van der Waals surface area contributed by atoms with Gasteiger partial charge in [-0.3, -0.25) is 0 Å². The topological polar surface area (TPSA) is 49.3 Å². The summed E-state index contributed by atoms with van der Waals surface area (Å²) in [4.78, 5) is 10.6. The summed E-state index contributed by atoms with van der Waals surface area (Å²) in [7, 11) is 0. The van der Waals surface area contributed by atoms with Crippen LogP contribution < -0.4 is 5.32 Å². The summed E-state index contributed by atoms with van der Waals surface area (Å²) >= 11 is 0. The SMILES string of the molecule is C1CC1.CC(C)[C@H]1CC[C@@H](C)C[C@@H]1NC(=O)O. The van der Waals surface area contributed by atoms with Crippen molar-refractivity contribution < 1.29 is 9.90 Å². The molecule has 0 heterocycles. The fourth-order valence-corrected chi connectivity index (χ4v) is 2.53. The van der Waals surface area contributed by atoms with Crippen LogP contribution in [0.3, 0.4) is 0 Å². The summed E-state index contributed by atoms with van der Waals surface area (Å²) in [6, 6.07) is 0.163. The molecule has 3 nitrogen and oxygen atoms in total. The van der Waals surface area contributed by atoms with Crippen molar-refractivity contribution in [3.05, 3.63) is 0 Å². The van der Waals surface area contributed by atoms with E-state index in [1.54, 1.807) is 0 Å². The highest BCUT2D eigenvalue weighted by atomic mass is 16.4. The van der Waals surface area contributed by atoms with Gasteiger partial charge in [-0.15, -0.1) is 0 Å². The Balaban J connectivity index is 0.000000415. The van der Waals surface area contributed by atoms with Crippen molar-refractivity contribution in [2.45, 2.75) is 65.3 Å². The maximum Gasteiger partial charge on any atom is 0.404 e. The fourth-order valence-electron chi connectivity index (χ4n) is 2.53. The second-order valence-corrected chi connectivity index (χ2v) is 5.94. The molecule has 3 heteroatoms. The van der Waals surface area contributed by atoms with Crippen LogP contribution in [0.2, 0.25) is 0 Å². The van der Waals surface area contributed by atoms with E-state index in [2.05, 4.69) is 26.1 Å². The molecule has 2 aliphatic carbocycles. The van der Waals surface area contributed by atoms with E-state index >= 15 is 0 Å². The van der Waals surface area contributed by atoms with Crippen LogP contribution in [0.15, 0.2) is 0 Å². The summed E-state index contributed by atoms with van der Waals surface area (Å²) in [5, 5.41) is 11.4. The zero-order valence-corrected chi connectivity index (χ0v) is 11.4. The normalized spacial score (nSPS) is 31.4. The molecule has 0 aromatic rings. The summed E-state index contributed by atoms with van der Waals surface area (Å²) in [5.74, 6) is 1.74. The van der Waals surface area contributed by atoms with Crippen molar-refractivity contribution in [3.8, 4) is 0 Å². The molecule has 0 aromatic heterocycles. The zero-order chi connectivity index (χ0) is 12.8. The predicted molar refractivity (Wildman–Crippen MR) is 70.1 cm³/mol.